The summed E-state index contributed by atoms with van der Waals surface area (Å²) in [5.41, 5.74) is 1.37. The normalized spacial score (nSPS) is 27.5. The molecule has 0 spiro atoms. The molecule has 1 aromatic carbocycles. The van der Waals surface area contributed by atoms with Gasteiger partial charge in [-0.2, -0.15) is 0 Å². The number of rotatable bonds is 3. The molecule has 2 atom stereocenters. The Bertz CT molecular complexity index is 417. The quantitative estimate of drug-likeness (QED) is 0.883. The van der Waals surface area contributed by atoms with E-state index in [1.165, 1.54) is 5.56 Å². The van der Waals surface area contributed by atoms with Crippen LogP contribution in [0.2, 0.25) is 0 Å². The largest absolute Gasteiger partial charge is 0.493 e. The molecular formula is C15H22N2O. The highest BCUT2D eigenvalue weighted by molar-refractivity contribution is 5.38. The maximum absolute atomic E-state index is 5.85. The van der Waals surface area contributed by atoms with Crippen LogP contribution in [0.1, 0.15) is 25.5 Å². The lowest BCUT2D eigenvalue weighted by Crippen LogP contribution is -2.59. The fourth-order valence-electron chi connectivity index (χ4n) is 3.17. The molecule has 0 amide bonds. The van der Waals surface area contributed by atoms with Crippen LogP contribution in [-0.4, -0.2) is 37.2 Å². The third-order valence-electron chi connectivity index (χ3n) is 4.23. The molecule has 3 rings (SSSR count). The second-order valence-corrected chi connectivity index (χ2v) is 5.41. The van der Waals surface area contributed by atoms with Gasteiger partial charge in [-0.1, -0.05) is 32.0 Å². The molecule has 3 nitrogen and oxygen atoms in total. The Morgan fingerprint density at radius 3 is 2.78 bits per heavy atom. The van der Waals surface area contributed by atoms with Gasteiger partial charge in [-0.3, -0.25) is 4.90 Å². The summed E-state index contributed by atoms with van der Waals surface area (Å²) >= 11 is 0. The van der Waals surface area contributed by atoms with E-state index < -0.39 is 0 Å². The smallest absolute Gasteiger partial charge is 0.124 e. The van der Waals surface area contributed by atoms with Crippen LogP contribution < -0.4 is 10.1 Å². The Kier molecular flexibility index (Phi) is 3.27. The molecule has 18 heavy (non-hydrogen) atoms. The molecule has 0 aromatic heterocycles. The van der Waals surface area contributed by atoms with Crippen LogP contribution in [0, 0.1) is 5.92 Å². The lowest BCUT2D eigenvalue weighted by atomic mass is 9.89. The second-order valence-electron chi connectivity index (χ2n) is 5.41. The monoisotopic (exact) mass is 246 g/mol. The summed E-state index contributed by atoms with van der Waals surface area (Å²) in [6.45, 7) is 8.76. The summed E-state index contributed by atoms with van der Waals surface area (Å²) in [4.78, 5) is 2.64. The number of benzene rings is 1. The molecule has 0 bridgehead atoms. The molecule has 1 N–H and O–H groups in total. The average molecular weight is 246 g/mol. The van der Waals surface area contributed by atoms with Gasteiger partial charge in [-0.05, 0) is 12.6 Å². The molecule has 0 radical (unpaired) electrons. The Labute approximate surface area is 109 Å². The molecule has 2 aliphatic heterocycles. The van der Waals surface area contributed by atoms with Crippen molar-refractivity contribution in [3.8, 4) is 5.75 Å². The summed E-state index contributed by atoms with van der Waals surface area (Å²) in [7, 11) is 0. The minimum atomic E-state index is 0.507. The first-order chi connectivity index (χ1) is 8.81. The van der Waals surface area contributed by atoms with Gasteiger partial charge in [0.25, 0.3) is 0 Å². The lowest BCUT2D eigenvalue weighted by molar-refractivity contribution is 0.0398. The summed E-state index contributed by atoms with van der Waals surface area (Å²) in [5, 5.41) is 3.38. The fourth-order valence-corrected chi connectivity index (χ4v) is 3.17. The van der Waals surface area contributed by atoms with Gasteiger partial charge in [0.2, 0.25) is 0 Å². The molecule has 2 heterocycles. The molecule has 3 heteroatoms. The first-order valence-corrected chi connectivity index (χ1v) is 6.99. The highest BCUT2D eigenvalue weighted by atomic mass is 16.5. The molecule has 1 saturated heterocycles. The molecule has 2 unspecified atom stereocenters. The number of nitrogens with one attached hydrogen (secondary N) is 1. The van der Waals surface area contributed by atoms with Gasteiger partial charge in [-0.15, -0.1) is 0 Å². The summed E-state index contributed by atoms with van der Waals surface area (Å²) in [6.07, 6.45) is 0. The number of ether oxygens (including phenoxy) is 1. The first kappa shape index (κ1) is 12.0. The average Bonchev–Trinajstić information content (AvgIpc) is 2.34. The Morgan fingerprint density at radius 1 is 1.33 bits per heavy atom. The van der Waals surface area contributed by atoms with Gasteiger partial charge >= 0.3 is 0 Å². The topological polar surface area (TPSA) is 24.5 Å². The minimum Gasteiger partial charge on any atom is -0.493 e. The molecule has 98 valence electrons. The van der Waals surface area contributed by atoms with Crippen LogP contribution in [0.3, 0.4) is 0 Å². The third kappa shape index (κ3) is 1.91. The third-order valence-corrected chi connectivity index (χ3v) is 4.23. The van der Waals surface area contributed by atoms with Gasteiger partial charge < -0.3 is 10.1 Å². The van der Waals surface area contributed by atoms with Crippen molar-refractivity contribution in [1.82, 2.24) is 10.2 Å². The van der Waals surface area contributed by atoms with Gasteiger partial charge in [0.1, 0.15) is 5.75 Å². The van der Waals surface area contributed by atoms with Gasteiger partial charge in [-0.25, -0.2) is 0 Å². The van der Waals surface area contributed by atoms with Crippen LogP contribution in [-0.2, 0) is 0 Å². The van der Waals surface area contributed by atoms with Gasteiger partial charge in [0.15, 0.2) is 0 Å². The molecule has 0 aliphatic carbocycles. The zero-order valence-electron chi connectivity index (χ0n) is 11.2. The fraction of sp³-hybridized carbons (Fsp3) is 0.600. The zero-order valence-corrected chi connectivity index (χ0v) is 11.2. The summed E-state index contributed by atoms with van der Waals surface area (Å²) in [6, 6.07) is 9.71. The van der Waals surface area contributed by atoms with Crippen LogP contribution in [0.5, 0.6) is 5.75 Å². The maximum Gasteiger partial charge on any atom is 0.124 e. The second kappa shape index (κ2) is 4.90. The van der Waals surface area contributed by atoms with E-state index >= 15 is 0 Å². The van der Waals surface area contributed by atoms with E-state index in [-0.39, 0.29) is 0 Å². The number of likely N-dealkylation sites (N-methyl/N-ethyl adjacent to an activating group) is 1. The Morgan fingerprint density at radius 2 is 2.11 bits per heavy atom. The predicted octanol–water partition coefficient (Wildman–Crippen LogP) is 2.05. The van der Waals surface area contributed by atoms with Crippen molar-refractivity contribution in [3.63, 3.8) is 0 Å². The number of para-hydroxylation sites is 1. The van der Waals surface area contributed by atoms with Crippen LogP contribution in [0.4, 0.5) is 0 Å². The van der Waals surface area contributed by atoms with E-state index in [1.54, 1.807) is 0 Å². The predicted molar refractivity (Wildman–Crippen MR) is 72.9 cm³/mol. The molecule has 1 aromatic rings. The summed E-state index contributed by atoms with van der Waals surface area (Å²) in [5.74, 6) is 1.63. The van der Waals surface area contributed by atoms with E-state index in [2.05, 4.69) is 48.3 Å². The van der Waals surface area contributed by atoms with Gasteiger partial charge in [0, 0.05) is 36.7 Å². The van der Waals surface area contributed by atoms with Crippen molar-refractivity contribution in [2.45, 2.75) is 25.9 Å². The van der Waals surface area contributed by atoms with E-state index in [0.717, 1.165) is 32.0 Å². The van der Waals surface area contributed by atoms with Crippen molar-refractivity contribution >= 4 is 0 Å². The van der Waals surface area contributed by atoms with Crippen LogP contribution >= 0.6 is 0 Å². The van der Waals surface area contributed by atoms with Crippen molar-refractivity contribution in [1.29, 1.82) is 0 Å². The number of hydrogen-bond donors (Lipinski definition) is 1. The van der Waals surface area contributed by atoms with Crippen LogP contribution in [0.15, 0.2) is 24.3 Å². The zero-order chi connectivity index (χ0) is 12.5. The molecule has 1 fully saturated rings. The van der Waals surface area contributed by atoms with Crippen molar-refractivity contribution in [2.24, 2.45) is 5.92 Å². The molecule has 0 saturated carbocycles. The van der Waals surface area contributed by atoms with E-state index in [1.807, 2.05) is 0 Å². The standard InChI is InChI=1S/C15H22N2O/c1-3-17(12-8-16-9-12)15-11(2)10-18-14-7-5-4-6-13(14)15/h4-7,11-12,15-16H,3,8-10H2,1-2H3. The van der Waals surface area contributed by atoms with E-state index in [9.17, 15) is 0 Å². The van der Waals surface area contributed by atoms with Crippen molar-refractivity contribution in [2.75, 3.05) is 26.2 Å². The Balaban J connectivity index is 1.93. The minimum absolute atomic E-state index is 0.507. The SMILES string of the molecule is CCN(C1CNC1)C1c2ccccc2OCC1C. The highest BCUT2D eigenvalue weighted by Crippen LogP contribution is 2.40. The van der Waals surface area contributed by atoms with E-state index in [0.29, 0.717) is 18.0 Å². The lowest BCUT2D eigenvalue weighted by Gasteiger charge is -2.46. The van der Waals surface area contributed by atoms with Crippen molar-refractivity contribution < 1.29 is 4.74 Å². The first-order valence-electron chi connectivity index (χ1n) is 6.99. The number of fused-ring (bicyclic) bond motifs is 1. The summed E-state index contributed by atoms with van der Waals surface area (Å²) < 4.78 is 5.85. The molecular weight excluding hydrogens is 224 g/mol. The number of nitrogens with zero attached hydrogens (tertiary/aromatic N) is 1. The Hall–Kier alpha value is -1.06. The highest BCUT2D eigenvalue weighted by Gasteiger charge is 2.36. The maximum atomic E-state index is 5.85. The van der Waals surface area contributed by atoms with Crippen molar-refractivity contribution in [3.05, 3.63) is 29.8 Å². The van der Waals surface area contributed by atoms with Crippen LogP contribution in [0.25, 0.3) is 0 Å². The number of hydrogen-bond acceptors (Lipinski definition) is 3. The molecule has 2 aliphatic rings. The van der Waals surface area contributed by atoms with E-state index in [4.69, 9.17) is 4.74 Å². The van der Waals surface area contributed by atoms with Gasteiger partial charge in [0.05, 0.1) is 6.61 Å².